The smallest absolute Gasteiger partial charge is 0.157 e. The number of nitrogens with one attached hydrogen (secondary N) is 1. The van der Waals surface area contributed by atoms with Gasteiger partial charge < -0.3 is 5.32 Å². The van der Waals surface area contributed by atoms with Crippen molar-refractivity contribution in [3.63, 3.8) is 0 Å². The zero-order chi connectivity index (χ0) is 14.7. The van der Waals surface area contributed by atoms with Crippen LogP contribution in [-0.4, -0.2) is 23.0 Å². The molecule has 1 aliphatic heterocycles. The van der Waals surface area contributed by atoms with Crippen molar-refractivity contribution in [3.8, 4) is 0 Å². The van der Waals surface area contributed by atoms with Crippen LogP contribution in [0.4, 0.5) is 0 Å². The van der Waals surface area contributed by atoms with Crippen molar-refractivity contribution in [2.75, 3.05) is 12.3 Å². The molecule has 0 radical (unpaired) electrons. The van der Waals surface area contributed by atoms with Gasteiger partial charge in [0.05, 0.1) is 0 Å². The summed E-state index contributed by atoms with van der Waals surface area (Å²) in [4.78, 5) is 4.75. The number of hydrogen-bond acceptors (Lipinski definition) is 2. The van der Waals surface area contributed by atoms with Gasteiger partial charge in [0.15, 0.2) is 5.17 Å². The predicted molar refractivity (Wildman–Crippen MR) is 93.4 cm³/mol. The molecule has 2 aliphatic rings. The Morgan fingerprint density at radius 3 is 2.71 bits per heavy atom. The van der Waals surface area contributed by atoms with E-state index in [-0.39, 0.29) is 0 Å². The van der Waals surface area contributed by atoms with Gasteiger partial charge in [-0.05, 0) is 55.7 Å². The molecule has 1 aromatic rings. The normalized spacial score (nSPS) is 30.8. The number of thioether (sulfide) groups is 1. The minimum Gasteiger partial charge on any atom is -0.359 e. The summed E-state index contributed by atoms with van der Waals surface area (Å²) in [5, 5.41) is 5.66. The molecule has 1 heterocycles. The fourth-order valence-electron chi connectivity index (χ4n) is 3.11. The second kappa shape index (κ2) is 6.62. The van der Waals surface area contributed by atoms with Crippen LogP contribution in [0.5, 0.6) is 0 Å². The molecule has 0 unspecified atom stereocenters. The Labute approximate surface area is 136 Å². The Bertz CT molecular complexity index is 504. The van der Waals surface area contributed by atoms with Crippen LogP contribution in [0.2, 0.25) is 5.02 Å². The number of halogens is 1. The lowest BCUT2D eigenvalue weighted by Gasteiger charge is -2.35. The number of hydrogen-bond donors (Lipinski definition) is 1. The Balaban J connectivity index is 1.50. The summed E-state index contributed by atoms with van der Waals surface area (Å²) >= 11 is 7.81. The molecule has 1 saturated carbocycles. The number of aliphatic imine (C=N–C) groups is 1. The second-order valence-corrected chi connectivity index (χ2v) is 7.84. The monoisotopic (exact) mass is 322 g/mol. The van der Waals surface area contributed by atoms with Gasteiger partial charge in [-0.2, -0.15) is 0 Å². The molecule has 0 aromatic heterocycles. The third-order valence-electron chi connectivity index (χ3n) is 4.66. The van der Waals surface area contributed by atoms with Crippen LogP contribution in [-0.2, 0) is 6.42 Å². The third kappa shape index (κ3) is 3.95. The van der Waals surface area contributed by atoms with Gasteiger partial charge >= 0.3 is 0 Å². The van der Waals surface area contributed by atoms with Crippen molar-refractivity contribution < 1.29 is 0 Å². The first-order valence-electron chi connectivity index (χ1n) is 7.85. The van der Waals surface area contributed by atoms with Crippen LogP contribution in [0.25, 0.3) is 0 Å². The van der Waals surface area contributed by atoms with Crippen LogP contribution in [0.15, 0.2) is 29.3 Å². The average molecular weight is 323 g/mol. The molecule has 1 saturated heterocycles. The lowest BCUT2D eigenvalue weighted by Crippen LogP contribution is -2.46. The third-order valence-corrected chi connectivity index (χ3v) is 6.11. The zero-order valence-corrected chi connectivity index (χ0v) is 14.1. The fraction of sp³-hybridized carbons (Fsp3) is 0.588. The molecular weight excluding hydrogens is 300 g/mol. The summed E-state index contributed by atoms with van der Waals surface area (Å²) in [6.07, 6.45) is 6.29. The summed E-state index contributed by atoms with van der Waals surface area (Å²) in [6.45, 7) is 3.22. The van der Waals surface area contributed by atoms with E-state index in [4.69, 9.17) is 16.6 Å². The average Bonchev–Trinajstić information content (AvgIpc) is 2.88. The van der Waals surface area contributed by atoms with Crippen LogP contribution in [0.3, 0.4) is 0 Å². The van der Waals surface area contributed by atoms with Crippen molar-refractivity contribution >= 4 is 28.5 Å². The van der Waals surface area contributed by atoms with E-state index in [1.54, 1.807) is 0 Å². The SMILES string of the molecule is CC1CCC2(CC1)CSC(=NCCc1ccc(Cl)cc1)N2. The number of nitrogens with zero attached hydrogens (tertiary/aromatic N) is 1. The highest BCUT2D eigenvalue weighted by Crippen LogP contribution is 2.38. The lowest BCUT2D eigenvalue weighted by molar-refractivity contribution is 0.251. The summed E-state index contributed by atoms with van der Waals surface area (Å²) in [5.74, 6) is 2.09. The van der Waals surface area contributed by atoms with E-state index >= 15 is 0 Å². The molecule has 4 heteroatoms. The first kappa shape index (κ1) is 15.2. The summed E-state index contributed by atoms with van der Waals surface area (Å²) in [7, 11) is 0. The van der Waals surface area contributed by atoms with Crippen molar-refractivity contribution in [2.45, 2.75) is 44.6 Å². The maximum absolute atomic E-state index is 5.90. The highest BCUT2D eigenvalue weighted by molar-refractivity contribution is 8.14. The molecule has 2 nitrogen and oxygen atoms in total. The Morgan fingerprint density at radius 2 is 2.00 bits per heavy atom. The van der Waals surface area contributed by atoms with E-state index in [0.29, 0.717) is 5.54 Å². The van der Waals surface area contributed by atoms with Gasteiger partial charge in [0.2, 0.25) is 0 Å². The minimum atomic E-state index is 0.344. The Hall–Kier alpha value is -0.670. The molecule has 1 spiro atoms. The van der Waals surface area contributed by atoms with E-state index in [1.807, 2.05) is 23.9 Å². The fourth-order valence-corrected chi connectivity index (χ4v) is 4.48. The van der Waals surface area contributed by atoms with Gasteiger partial charge in [-0.1, -0.05) is 42.4 Å². The molecule has 0 bridgehead atoms. The van der Waals surface area contributed by atoms with Crippen LogP contribution < -0.4 is 5.32 Å². The number of rotatable bonds is 3. The molecule has 3 rings (SSSR count). The molecule has 2 fully saturated rings. The Morgan fingerprint density at radius 1 is 1.29 bits per heavy atom. The van der Waals surface area contributed by atoms with Gasteiger partial charge in [0, 0.05) is 22.9 Å². The predicted octanol–water partition coefficient (Wildman–Crippen LogP) is 4.52. The number of benzene rings is 1. The van der Waals surface area contributed by atoms with E-state index in [9.17, 15) is 0 Å². The highest BCUT2D eigenvalue weighted by atomic mass is 35.5. The second-order valence-electron chi connectivity index (χ2n) is 6.44. The molecule has 1 N–H and O–H groups in total. The Kier molecular flexibility index (Phi) is 4.80. The van der Waals surface area contributed by atoms with Crippen molar-refractivity contribution in [2.24, 2.45) is 10.9 Å². The highest BCUT2D eigenvalue weighted by Gasteiger charge is 2.39. The van der Waals surface area contributed by atoms with Crippen LogP contribution >= 0.6 is 23.4 Å². The topological polar surface area (TPSA) is 24.4 Å². The van der Waals surface area contributed by atoms with Gasteiger partial charge in [-0.15, -0.1) is 0 Å². The van der Waals surface area contributed by atoms with Gasteiger partial charge in [0.25, 0.3) is 0 Å². The van der Waals surface area contributed by atoms with Crippen molar-refractivity contribution in [1.82, 2.24) is 5.32 Å². The van der Waals surface area contributed by atoms with Crippen molar-refractivity contribution in [1.29, 1.82) is 0 Å². The van der Waals surface area contributed by atoms with E-state index in [2.05, 4.69) is 24.4 Å². The summed E-state index contributed by atoms with van der Waals surface area (Å²) in [6, 6.07) is 8.07. The van der Waals surface area contributed by atoms with Crippen LogP contribution in [0.1, 0.15) is 38.2 Å². The molecule has 0 amide bonds. The lowest BCUT2D eigenvalue weighted by atomic mass is 9.78. The van der Waals surface area contributed by atoms with E-state index in [1.165, 1.54) is 37.0 Å². The zero-order valence-electron chi connectivity index (χ0n) is 12.6. The summed E-state index contributed by atoms with van der Waals surface area (Å²) in [5.41, 5.74) is 1.64. The maximum atomic E-state index is 5.90. The molecule has 114 valence electrons. The van der Waals surface area contributed by atoms with Gasteiger partial charge in [-0.3, -0.25) is 4.99 Å². The van der Waals surface area contributed by atoms with E-state index in [0.717, 1.165) is 29.1 Å². The van der Waals surface area contributed by atoms with Crippen LogP contribution in [0, 0.1) is 5.92 Å². The van der Waals surface area contributed by atoms with E-state index < -0.39 is 0 Å². The molecule has 1 aliphatic carbocycles. The minimum absolute atomic E-state index is 0.344. The molecule has 1 aromatic carbocycles. The quantitative estimate of drug-likeness (QED) is 0.884. The molecular formula is C17H23ClN2S. The number of amidine groups is 1. The molecule has 0 atom stereocenters. The first-order valence-corrected chi connectivity index (χ1v) is 9.21. The van der Waals surface area contributed by atoms with Gasteiger partial charge in [0.1, 0.15) is 0 Å². The van der Waals surface area contributed by atoms with Gasteiger partial charge in [-0.25, -0.2) is 0 Å². The maximum Gasteiger partial charge on any atom is 0.157 e. The first-order chi connectivity index (χ1) is 10.2. The largest absolute Gasteiger partial charge is 0.359 e. The molecule has 21 heavy (non-hydrogen) atoms. The standard InChI is InChI=1S/C17H23ClN2S/c1-13-6-9-17(10-7-13)12-21-16(20-17)19-11-8-14-2-4-15(18)5-3-14/h2-5,13H,6-12H2,1H3,(H,19,20). The summed E-state index contributed by atoms with van der Waals surface area (Å²) < 4.78 is 0. The van der Waals surface area contributed by atoms with Crippen molar-refractivity contribution in [3.05, 3.63) is 34.9 Å².